The molecule has 0 saturated heterocycles. The topological polar surface area (TPSA) is 90.6 Å². The minimum atomic E-state index is -0.806. The summed E-state index contributed by atoms with van der Waals surface area (Å²) in [4.78, 5) is 13.6. The number of carbonyl (C=O) groups excluding carboxylic acids is 1. The molecule has 1 heterocycles. The van der Waals surface area contributed by atoms with Gasteiger partial charge in [0.2, 0.25) is 5.91 Å². The first-order chi connectivity index (χ1) is 11.3. The molecule has 0 fully saturated rings. The summed E-state index contributed by atoms with van der Waals surface area (Å²) in [5.41, 5.74) is 9.82. The molecule has 24 heavy (non-hydrogen) atoms. The van der Waals surface area contributed by atoms with Crippen LogP contribution in [-0.2, 0) is 4.79 Å². The van der Waals surface area contributed by atoms with E-state index in [2.05, 4.69) is 10.6 Å². The van der Waals surface area contributed by atoms with Gasteiger partial charge in [-0.1, -0.05) is 12.1 Å². The number of hydrogen-bond donors (Lipinski definition) is 4. The maximum Gasteiger partial charge on any atom is 0.219 e. The summed E-state index contributed by atoms with van der Waals surface area (Å²) in [6.45, 7) is 7.19. The van der Waals surface area contributed by atoms with Crippen molar-refractivity contribution in [3.8, 4) is 0 Å². The third-order valence-electron chi connectivity index (χ3n) is 4.29. The van der Waals surface area contributed by atoms with Gasteiger partial charge in [-0.05, 0) is 31.5 Å². The first-order valence-corrected chi connectivity index (χ1v) is 8.30. The number of aliphatic hydroxyl groups excluding tert-OH is 1. The molecule has 1 atom stereocenters. The number of nitrogens with zero attached hydrogens (tertiary/aromatic N) is 1. The molecule has 0 radical (unpaired) electrons. The summed E-state index contributed by atoms with van der Waals surface area (Å²) in [5.74, 6) is 0.0417. The van der Waals surface area contributed by atoms with Gasteiger partial charge in [0.1, 0.15) is 5.66 Å². The molecule has 132 valence electrons. The van der Waals surface area contributed by atoms with Gasteiger partial charge >= 0.3 is 0 Å². The standard InChI is InChI=1S/C18H28N4O2/c1-13-5-4-6-15(11-13)21-18(3,19)16-12-22(14(2)24)9-7-17(16)20-8-10-23/h4-6,11,20-21,23H,7-10,12,19H2,1-3H3. The number of aryl methyl sites for hydroxylation is 1. The van der Waals surface area contributed by atoms with E-state index in [0.29, 0.717) is 26.1 Å². The van der Waals surface area contributed by atoms with Crippen molar-refractivity contribution in [3.63, 3.8) is 0 Å². The zero-order valence-electron chi connectivity index (χ0n) is 14.7. The Morgan fingerprint density at radius 2 is 2.21 bits per heavy atom. The first kappa shape index (κ1) is 18.3. The lowest BCUT2D eigenvalue weighted by molar-refractivity contribution is -0.128. The van der Waals surface area contributed by atoms with Gasteiger partial charge in [0, 0.05) is 49.9 Å². The lowest BCUT2D eigenvalue weighted by Gasteiger charge is -2.39. The number of hydrogen-bond acceptors (Lipinski definition) is 5. The average molecular weight is 332 g/mol. The van der Waals surface area contributed by atoms with E-state index in [-0.39, 0.29) is 12.5 Å². The zero-order valence-corrected chi connectivity index (χ0v) is 14.7. The molecule has 1 aliphatic rings. The number of nitrogens with two attached hydrogens (primary N) is 1. The molecular weight excluding hydrogens is 304 g/mol. The Bertz CT molecular complexity index is 625. The van der Waals surface area contributed by atoms with Crippen LogP contribution in [0, 0.1) is 6.92 Å². The molecule has 5 N–H and O–H groups in total. The lowest BCUT2D eigenvalue weighted by Crippen LogP contribution is -2.53. The largest absolute Gasteiger partial charge is 0.395 e. The Morgan fingerprint density at radius 1 is 1.46 bits per heavy atom. The molecule has 0 bridgehead atoms. The van der Waals surface area contributed by atoms with Crippen LogP contribution >= 0.6 is 0 Å². The van der Waals surface area contributed by atoms with E-state index in [1.165, 1.54) is 0 Å². The van der Waals surface area contributed by atoms with E-state index >= 15 is 0 Å². The minimum absolute atomic E-state index is 0.0417. The Balaban J connectivity index is 2.29. The van der Waals surface area contributed by atoms with Gasteiger partial charge in [-0.15, -0.1) is 0 Å². The molecule has 1 amide bonds. The van der Waals surface area contributed by atoms with Crippen molar-refractivity contribution in [2.24, 2.45) is 5.73 Å². The van der Waals surface area contributed by atoms with Crippen molar-refractivity contribution in [1.29, 1.82) is 0 Å². The van der Waals surface area contributed by atoms with Gasteiger partial charge in [0.15, 0.2) is 0 Å². The van der Waals surface area contributed by atoms with Gasteiger partial charge in [0.05, 0.1) is 6.61 Å². The van der Waals surface area contributed by atoms with Crippen LogP contribution in [0.3, 0.4) is 0 Å². The molecule has 1 aliphatic heterocycles. The number of nitrogens with one attached hydrogen (secondary N) is 2. The second-order valence-electron chi connectivity index (χ2n) is 6.49. The van der Waals surface area contributed by atoms with Crippen LogP contribution in [0.5, 0.6) is 0 Å². The number of amides is 1. The highest BCUT2D eigenvalue weighted by molar-refractivity contribution is 5.74. The summed E-state index contributed by atoms with van der Waals surface area (Å²) in [7, 11) is 0. The third-order valence-corrected chi connectivity index (χ3v) is 4.29. The van der Waals surface area contributed by atoms with Crippen LogP contribution in [0.1, 0.15) is 25.8 Å². The molecular formula is C18H28N4O2. The Hall–Kier alpha value is -2.05. The highest BCUT2D eigenvalue weighted by Crippen LogP contribution is 2.26. The van der Waals surface area contributed by atoms with Crippen LogP contribution in [0.15, 0.2) is 35.5 Å². The monoisotopic (exact) mass is 332 g/mol. The van der Waals surface area contributed by atoms with Crippen LogP contribution in [-0.4, -0.2) is 47.8 Å². The smallest absolute Gasteiger partial charge is 0.219 e. The molecule has 1 unspecified atom stereocenters. The molecule has 1 aromatic carbocycles. The number of rotatable bonds is 6. The molecule has 0 aromatic heterocycles. The van der Waals surface area contributed by atoms with Crippen LogP contribution < -0.4 is 16.4 Å². The average Bonchev–Trinajstić information content (AvgIpc) is 2.52. The highest BCUT2D eigenvalue weighted by atomic mass is 16.3. The van der Waals surface area contributed by atoms with E-state index in [1.807, 2.05) is 38.1 Å². The number of aliphatic hydroxyl groups is 1. The van der Waals surface area contributed by atoms with Gasteiger partial charge in [0.25, 0.3) is 0 Å². The Kier molecular flexibility index (Phi) is 5.85. The second-order valence-corrected chi connectivity index (χ2v) is 6.49. The van der Waals surface area contributed by atoms with E-state index in [0.717, 1.165) is 22.5 Å². The maximum atomic E-state index is 11.8. The molecule has 0 spiro atoms. The second kappa shape index (κ2) is 7.68. The predicted octanol–water partition coefficient (Wildman–Crippen LogP) is 1.17. The van der Waals surface area contributed by atoms with Gasteiger partial charge < -0.3 is 26.4 Å². The normalized spacial score (nSPS) is 17.5. The quantitative estimate of drug-likeness (QED) is 0.587. The number of carbonyl (C=O) groups is 1. The van der Waals surface area contributed by atoms with Crippen molar-refractivity contribution >= 4 is 11.6 Å². The van der Waals surface area contributed by atoms with Gasteiger partial charge in [-0.3, -0.25) is 4.79 Å². The van der Waals surface area contributed by atoms with Crippen molar-refractivity contribution in [3.05, 3.63) is 41.1 Å². The fraction of sp³-hybridized carbons (Fsp3) is 0.500. The summed E-state index contributed by atoms with van der Waals surface area (Å²) in [5, 5.41) is 15.7. The van der Waals surface area contributed by atoms with Crippen LogP contribution in [0.4, 0.5) is 5.69 Å². The Morgan fingerprint density at radius 3 is 2.83 bits per heavy atom. The lowest BCUT2D eigenvalue weighted by atomic mass is 9.94. The first-order valence-electron chi connectivity index (χ1n) is 8.30. The minimum Gasteiger partial charge on any atom is -0.395 e. The van der Waals surface area contributed by atoms with E-state index < -0.39 is 5.66 Å². The maximum absolute atomic E-state index is 11.8. The summed E-state index contributed by atoms with van der Waals surface area (Å²) in [6, 6.07) is 8.03. The molecule has 0 aliphatic carbocycles. The molecule has 6 heteroatoms. The van der Waals surface area contributed by atoms with Gasteiger partial charge in [-0.25, -0.2) is 0 Å². The highest BCUT2D eigenvalue weighted by Gasteiger charge is 2.32. The van der Waals surface area contributed by atoms with Crippen LogP contribution in [0.25, 0.3) is 0 Å². The summed E-state index contributed by atoms with van der Waals surface area (Å²) in [6.07, 6.45) is 0.706. The SMILES string of the molecule is CC(=O)N1CCC(NCCO)=C(C(C)(N)Nc2cccc(C)c2)C1. The molecule has 0 saturated carbocycles. The van der Waals surface area contributed by atoms with Crippen LogP contribution in [0.2, 0.25) is 0 Å². The van der Waals surface area contributed by atoms with Gasteiger partial charge in [-0.2, -0.15) is 0 Å². The van der Waals surface area contributed by atoms with Crippen molar-refractivity contribution in [2.75, 3.05) is 31.6 Å². The van der Waals surface area contributed by atoms with Crippen molar-refractivity contribution < 1.29 is 9.90 Å². The third kappa shape index (κ3) is 4.49. The predicted molar refractivity (Wildman–Crippen MR) is 96.4 cm³/mol. The summed E-state index contributed by atoms with van der Waals surface area (Å²) >= 11 is 0. The van der Waals surface area contributed by atoms with E-state index in [4.69, 9.17) is 10.8 Å². The fourth-order valence-corrected chi connectivity index (χ4v) is 3.01. The van der Waals surface area contributed by atoms with E-state index in [9.17, 15) is 4.79 Å². The zero-order chi connectivity index (χ0) is 17.7. The van der Waals surface area contributed by atoms with Crippen molar-refractivity contribution in [2.45, 2.75) is 32.9 Å². The van der Waals surface area contributed by atoms with E-state index in [1.54, 1.807) is 11.8 Å². The number of anilines is 1. The van der Waals surface area contributed by atoms with Crippen molar-refractivity contribution in [1.82, 2.24) is 10.2 Å². The number of benzene rings is 1. The summed E-state index contributed by atoms with van der Waals surface area (Å²) < 4.78 is 0. The molecule has 2 rings (SSSR count). The molecule has 6 nitrogen and oxygen atoms in total. The molecule has 1 aromatic rings. The fourth-order valence-electron chi connectivity index (χ4n) is 3.01. The Labute approximate surface area is 143 Å².